The normalized spacial score (nSPS) is 18.3. The Hall–Kier alpha value is -1.75. The zero-order valence-electron chi connectivity index (χ0n) is 11.9. The molecule has 1 aliphatic rings. The summed E-state index contributed by atoms with van der Waals surface area (Å²) in [6.45, 7) is 3.59. The monoisotopic (exact) mass is 263 g/mol. The molecule has 5 nitrogen and oxygen atoms in total. The van der Waals surface area contributed by atoms with Gasteiger partial charge in [0, 0.05) is 25.8 Å². The number of carbonyl (C=O) groups excluding carboxylic acids is 1. The number of nitrogens with one attached hydrogen (secondary N) is 1. The number of amides is 1. The first-order valence-corrected chi connectivity index (χ1v) is 6.46. The van der Waals surface area contributed by atoms with E-state index in [-0.39, 0.29) is 5.91 Å². The van der Waals surface area contributed by atoms with Gasteiger partial charge in [0.15, 0.2) is 6.10 Å². The molecule has 1 unspecified atom stereocenters. The van der Waals surface area contributed by atoms with E-state index in [0.717, 1.165) is 30.2 Å². The zero-order valence-corrected chi connectivity index (χ0v) is 11.9. The fraction of sp³-hybridized carbons (Fsp3) is 0.500. The summed E-state index contributed by atoms with van der Waals surface area (Å²) >= 11 is 0. The second-order valence-corrected chi connectivity index (χ2v) is 5.07. The average molecular weight is 263 g/mol. The smallest absolute Gasteiger partial charge is 0.267 e. The van der Waals surface area contributed by atoms with Crippen LogP contribution in [-0.2, 0) is 4.79 Å². The number of nitrogens with zero attached hydrogens (tertiary/aromatic N) is 2. The quantitative estimate of drug-likeness (QED) is 0.892. The number of rotatable bonds is 4. The van der Waals surface area contributed by atoms with E-state index in [2.05, 4.69) is 10.2 Å². The summed E-state index contributed by atoms with van der Waals surface area (Å²) in [5.74, 6) is 0.741. The maximum atomic E-state index is 11.9. The third-order valence-corrected chi connectivity index (χ3v) is 3.19. The minimum Gasteiger partial charge on any atom is -0.479 e. The van der Waals surface area contributed by atoms with Crippen LogP contribution < -0.4 is 15.0 Å². The van der Waals surface area contributed by atoms with Crippen molar-refractivity contribution in [2.45, 2.75) is 13.0 Å². The Morgan fingerprint density at radius 3 is 2.84 bits per heavy atom. The fourth-order valence-corrected chi connectivity index (χ4v) is 2.05. The molecule has 1 heterocycles. The summed E-state index contributed by atoms with van der Waals surface area (Å²) in [5.41, 5.74) is 1.82. The lowest BCUT2D eigenvalue weighted by molar-refractivity contribution is -0.125. The van der Waals surface area contributed by atoms with Crippen LogP contribution in [0.1, 0.15) is 6.92 Å². The Balaban J connectivity index is 2.12. The number of benzene rings is 1. The maximum absolute atomic E-state index is 11.9. The lowest BCUT2D eigenvalue weighted by Gasteiger charge is -2.30. The van der Waals surface area contributed by atoms with Crippen LogP contribution >= 0.6 is 0 Å². The third kappa shape index (κ3) is 2.98. The van der Waals surface area contributed by atoms with Crippen molar-refractivity contribution >= 4 is 17.3 Å². The summed E-state index contributed by atoms with van der Waals surface area (Å²) in [5, 5.41) is 3.34. The summed E-state index contributed by atoms with van der Waals surface area (Å²) in [7, 11) is 5.86. The molecule has 0 bridgehead atoms. The molecule has 0 saturated carbocycles. The van der Waals surface area contributed by atoms with E-state index in [1.165, 1.54) is 0 Å². The van der Waals surface area contributed by atoms with Crippen molar-refractivity contribution in [2.24, 2.45) is 0 Å². The summed E-state index contributed by atoms with van der Waals surface area (Å²) in [4.78, 5) is 15.6. The molecule has 0 aromatic heterocycles. The summed E-state index contributed by atoms with van der Waals surface area (Å²) in [6, 6.07) is 5.84. The molecule has 0 spiro atoms. The van der Waals surface area contributed by atoms with Gasteiger partial charge in [0.2, 0.25) is 0 Å². The van der Waals surface area contributed by atoms with Crippen LogP contribution in [-0.4, -0.2) is 51.1 Å². The van der Waals surface area contributed by atoms with E-state index in [4.69, 9.17) is 4.74 Å². The van der Waals surface area contributed by atoms with E-state index in [9.17, 15) is 4.79 Å². The van der Waals surface area contributed by atoms with Crippen molar-refractivity contribution in [3.63, 3.8) is 0 Å². The number of likely N-dealkylation sites (N-methyl/N-ethyl adjacent to an activating group) is 2. The number of hydrogen-bond donors (Lipinski definition) is 1. The Kier molecular flexibility index (Phi) is 3.95. The van der Waals surface area contributed by atoms with Gasteiger partial charge >= 0.3 is 0 Å². The average Bonchev–Trinajstić information content (AvgIpc) is 2.36. The number of ether oxygens (including phenoxy) is 1. The second-order valence-electron chi connectivity index (χ2n) is 5.07. The molecule has 0 aliphatic carbocycles. The number of anilines is 2. The molecule has 1 aliphatic heterocycles. The standard InChI is InChI=1S/C14H21N3O2/c1-10-14(18)17(4)12-9-11(5-6-13(12)19-10)15-7-8-16(2)3/h5-6,9-10,15H,7-8H2,1-4H3. The van der Waals surface area contributed by atoms with Crippen molar-refractivity contribution in [1.82, 2.24) is 4.90 Å². The molecule has 1 atom stereocenters. The molecule has 104 valence electrons. The van der Waals surface area contributed by atoms with E-state index >= 15 is 0 Å². The molecule has 0 fully saturated rings. The summed E-state index contributed by atoms with van der Waals surface area (Å²) < 4.78 is 5.58. The van der Waals surface area contributed by atoms with Gasteiger partial charge in [-0.2, -0.15) is 0 Å². The van der Waals surface area contributed by atoms with Gasteiger partial charge < -0.3 is 19.9 Å². The second kappa shape index (κ2) is 5.48. The molecule has 1 aromatic carbocycles. The van der Waals surface area contributed by atoms with E-state index in [0.29, 0.717) is 0 Å². The first-order valence-electron chi connectivity index (χ1n) is 6.46. The minimum absolute atomic E-state index is 0.0158. The summed E-state index contributed by atoms with van der Waals surface area (Å²) in [6.07, 6.45) is -0.412. The molecule has 1 aromatic rings. The Morgan fingerprint density at radius 1 is 1.42 bits per heavy atom. The Morgan fingerprint density at radius 2 is 2.16 bits per heavy atom. The van der Waals surface area contributed by atoms with Crippen molar-refractivity contribution < 1.29 is 9.53 Å². The highest BCUT2D eigenvalue weighted by Crippen LogP contribution is 2.35. The molecular formula is C14H21N3O2. The van der Waals surface area contributed by atoms with Crippen molar-refractivity contribution in [2.75, 3.05) is 44.4 Å². The maximum Gasteiger partial charge on any atom is 0.267 e. The van der Waals surface area contributed by atoms with Crippen molar-refractivity contribution in [1.29, 1.82) is 0 Å². The van der Waals surface area contributed by atoms with Crippen LogP contribution in [0.3, 0.4) is 0 Å². The molecule has 5 heteroatoms. The molecular weight excluding hydrogens is 242 g/mol. The van der Waals surface area contributed by atoms with Crippen LogP contribution in [0.15, 0.2) is 18.2 Å². The lowest BCUT2D eigenvalue weighted by Crippen LogP contribution is -2.41. The van der Waals surface area contributed by atoms with Crippen LogP contribution in [0.5, 0.6) is 5.75 Å². The predicted molar refractivity (Wildman–Crippen MR) is 77.0 cm³/mol. The molecule has 19 heavy (non-hydrogen) atoms. The van der Waals surface area contributed by atoms with E-state index in [1.54, 1.807) is 18.9 Å². The Labute approximate surface area is 114 Å². The largest absolute Gasteiger partial charge is 0.479 e. The first-order chi connectivity index (χ1) is 8.99. The third-order valence-electron chi connectivity index (χ3n) is 3.19. The highest BCUT2D eigenvalue weighted by Gasteiger charge is 2.28. The highest BCUT2D eigenvalue weighted by molar-refractivity contribution is 5.99. The van der Waals surface area contributed by atoms with Gasteiger partial charge in [0.25, 0.3) is 5.91 Å². The first kappa shape index (κ1) is 13.7. The lowest BCUT2D eigenvalue weighted by atomic mass is 10.2. The molecule has 0 saturated heterocycles. The molecule has 2 rings (SSSR count). The molecule has 0 radical (unpaired) electrons. The van der Waals surface area contributed by atoms with Crippen LogP contribution in [0.4, 0.5) is 11.4 Å². The van der Waals surface area contributed by atoms with Gasteiger partial charge in [-0.25, -0.2) is 0 Å². The highest BCUT2D eigenvalue weighted by atomic mass is 16.5. The topological polar surface area (TPSA) is 44.8 Å². The van der Waals surface area contributed by atoms with Crippen LogP contribution in [0.2, 0.25) is 0 Å². The molecule has 1 amide bonds. The van der Waals surface area contributed by atoms with Gasteiger partial charge in [-0.05, 0) is 39.2 Å². The number of fused-ring (bicyclic) bond motifs is 1. The van der Waals surface area contributed by atoms with E-state index in [1.807, 2.05) is 32.3 Å². The van der Waals surface area contributed by atoms with Crippen LogP contribution in [0.25, 0.3) is 0 Å². The van der Waals surface area contributed by atoms with Crippen LogP contribution in [0, 0.1) is 0 Å². The fourth-order valence-electron chi connectivity index (χ4n) is 2.05. The van der Waals surface area contributed by atoms with Gasteiger partial charge in [0.1, 0.15) is 5.75 Å². The number of carbonyl (C=O) groups is 1. The number of hydrogen-bond acceptors (Lipinski definition) is 4. The SMILES string of the molecule is CC1Oc2ccc(NCCN(C)C)cc2N(C)C1=O. The van der Waals surface area contributed by atoms with Crippen molar-refractivity contribution in [3.8, 4) is 5.75 Å². The Bertz CT molecular complexity index is 474. The zero-order chi connectivity index (χ0) is 14.0. The van der Waals surface area contributed by atoms with Gasteiger partial charge in [-0.1, -0.05) is 0 Å². The van der Waals surface area contributed by atoms with Gasteiger partial charge in [-0.3, -0.25) is 4.79 Å². The predicted octanol–water partition coefficient (Wildman–Crippen LogP) is 1.40. The van der Waals surface area contributed by atoms with Crippen molar-refractivity contribution in [3.05, 3.63) is 18.2 Å². The van der Waals surface area contributed by atoms with E-state index < -0.39 is 6.10 Å². The molecule has 1 N–H and O–H groups in total. The van der Waals surface area contributed by atoms with Gasteiger partial charge in [-0.15, -0.1) is 0 Å². The van der Waals surface area contributed by atoms with Gasteiger partial charge in [0.05, 0.1) is 5.69 Å². The minimum atomic E-state index is -0.412.